The standard InChI is InChI=1S/C8H4BrClN2O2/c9-12-3-4(8(13)14)6-5(10)1-2-11-7(6)12/h1-3H,(H,13,14). The lowest BCUT2D eigenvalue weighted by molar-refractivity contribution is 0.0699. The number of aromatic carboxylic acids is 1. The van der Waals surface area contributed by atoms with Crippen LogP contribution in [0, 0.1) is 0 Å². The molecule has 2 aromatic rings. The number of fused-ring (bicyclic) bond motifs is 1. The fourth-order valence-electron chi connectivity index (χ4n) is 1.24. The molecule has 6 heteroatoms. The zero-order valence-corrected chi connectivity index (χ0v) is 9.08. The predicted molar refractivity (Wildman–Crippen MR) is 56.0 cm³/mol. The van der Waals surface area contributed by atoms with Crippen molar-refractivity contribution in [1.29, 1.82) is 0 Å². The third-order valence-electron chi connectivity index (χ3n) is 1.82. The first-order chi connectivity index (χ1) is 6.61. The van der Waals surface area contributed by atoms with E-state index in [1.807, 2.05) is 0 Å². The minimum atomic E-state index is -1.02. The SMILES string of the molecule is O=C(O)c1cn(Br)c2nccc(Cl)c12. The Morgan fingerprint density at radius 3 is 3.00 bits per heavy atom. The Bertz CT molecular complexity index is 523. The topological polar surface area (TPSA) is 55.1 Å². The van der Waals surface area contributed by atoms with Gasteiger partial charge in [0.2, 0.25) is 0 Å². The molecule has 0 unspecified atom stereocenters. The van der Waals surface area contributed by atoms with Crippen LogP contribution in [0.1, 0.15) is 10.4 Å². The average molecular weight is 275 g/mol. The van der Waals surface area contributed by atoms with Crippen LogP contribution in [-0.2, 0) is 0 Å². The maximum absolute atomic E-state index is 10.9. The maximum atomic E-state index is 10.9. The highest BCUT2D eigenvalue weighted by atomic mass is 79.9. The van der Waals surface area contributed by atoms with E-state index in [4.69, 9.17) is 16.7 Å². The Morgan fingerprint density at radius 2 is 2.36 bits per heavy atom. The Balaban J connectivity index is 2.93. The summed E-state index contributed by atoms with van der Waals surface area (Å²) in [5, 5.41) is 9.72. The van der Waals surface area contributed by atoms with E-state index in [0.717, 1.165) is 0 Å². The van der Waals surface area contributed by atoms with Gasteiger partial charge >= 0.3 is 5.97 Å². The molecule has 0 spiro atoms. The van der Waals surface area contributed by atoms with Crippen molar-refractivity contribution in [3.63, 3.8) is 0 Å². The van der Waals surface area contributed by atoms with Crippen molar-refractivity contribution in [2.75, 3.05) is 0 Å². The summed E-state index contributed by atoms with van der Waals surface area (Å²) in [6.45, 7) is 0. The number of nitrogens with zero attached hydrogens (tertiary/aromatic N) is 2. The Kier molecular flexibility index (Phi) is 2.20. The summed E-state index contributed by atoms with van der Waals surface area (Å²) in [5.41, 5.74) is 0.630. The molecule has 0 fully saturated rings. The minimum absolute atomic E-state index is 0.134. The largest absolute Gasteiger partial charge is 0.478 e. The van der Waals surface area contributed by atoms with E-state index in [2.05, 4.69) is 21.1 Å². The van der Waals surface area contributed by atoms with Crippen LogP contribution in [0.5, 0.6) is 0 Å². The van der Waals surface area contributed by atoms with Crippen LogP contribution in [0.2, 0.25) is 5.02 Å². The molecule has 0 aliphatic carbocycles. The second kappa shape index (κ2) is 3.25. The van der Waals surface area contributed by atoms with Gasteiger partial charge in [-0.25, -0.2) is 9.78 Å². The van der Waals surface area contributed by atoms with Gasteiger partial charge < -0.3 is 5.11 Å². The first-order valence-corrected chi connectivity index (χ1v) is 4.75. The normalized spacial score (nSPS) is 10.7. The highest BCUT2D eigenvalue weighted by Gasteiger charge is 2.16. The van der Waals surface area contributed by atoms with Gasteiger partial charge in [-0.3, -0.25) is 3.59 Å². The van der Waals surface area contributed by atoms with Crippen LogP contribution in [0.25, 0.3) is 11.0 Å². The van der Waals surface area contributed by atoms with Gasteiger partial charge in [0.15, 0.2) is 5.65 Å². The summed E-state index contributed by atoms with van der Waals surface area (Å²) < 4.78 is 1.46. The van der Waals surface area contributed by atoms with Crippen LogP contribution < -0.4 is 0 Å². The van der Waals surface area contributed by atoms with E-state index in [1.165, 1.54) is 16.0 Å². The first-order valence-electron chi connectivity index (χ1n) is 3.66. The Hall–Kier alpha value is -1.07. The molecule has 72 valence electrons. The summed E-state index contributed by atoms with van der Waals surface area (Å²) in [7, 11) is 0. The zero-order valence-electron chi connectivity index (χ0n) is 6.74. The third-order valence-corrected chi connectivity index (χ3v) is 2.68. The van der Waals surface area contributed by atoms with Gasteiger partial charge in [-0.1, -0.05) is 11.6 Å². The molecule has 0 bridgehead atoms. The van der Waals surface area contributed by atoms with Crippen molar-refractivity contribution < 1.29 is 9.90 Å². The number of rotatable bonds is 1. The van der Waals surface area contributed by atoms with Crippen molar-refractivity contribution >= 4 is 44.8 Å². The molecular formula is C8H4BrClN2O2. The number of hydrogen-bond donors (Lipinski definition) is 1. The van der Waals surface area contributed by atoms with Crippen molar-refractivity contribution in [2.45, 2.75) is 0 Å². The first kappa shape index (κ1) is 9.48. The van der Waals surface area contributed by atoms with Gasteiger partial charge in [0, 0.05) is 12.4 Å². The van der Waals surface area contributed by atoms with E-state index in [-0.39, 0.29) is 5.56 Å². The van der Waals surface area contributed by atoms with Crippen LogP contribution in [0.4, 0.5) is 0 Å². The van der Waals surface area contributed by atoms with Gasteiger partial charge in [0.05, 0.1) is 32.1 Å². The lowest BCUT2D eigenvalue weighted by Crippen LogP contribution is -1.94. The highest BCUT2D eigenvalue weighted by Crippen LogP contribution is 2.27. The molecule has 2 heterocycles. The van der Waals surface area contributed by atoms with Gasteiger partial charge in [0.1, 0.15) is 0 Å². The number of carboxylic acid groups (broad SMARTS) is 1. The molecule has 0 amide bonds. The smallest absolute Gasteiger partial charge is 0.338 e. The van der Waals surface area contributed by atoms with Crippen LogP contribution in [-0.4, -0.2) is 19.7 Å². The summed E-state index contributed by atoms with van der Waals surface area (Å²) in [6.07, 6.45) is 2.94. The quantitative estimate of drug-likeness (QED) is 0.870. The monoisotopic (exact) mass is 274 g/mol. The number of aromatic nitrogens is 2. The van der Waals surface area contributed by atoms with E-state index < -0.39 is 5.97 Å². The molecule has 2 rings (SSSR count). The van der Waals surface area contributed by atoms with E-state index >= 15 is 0 Å². The second-order valence-electron chi connectivity index (χ2n) is 2.65. The fourth-order valence-corrected chi connectivity index (χ4v) is 1.96. The molecule has 0 saturated carbocycles. The maximum Gasteiger partial charge on any atom is 0.338 e. The van der Waals surface area contributed by atoms with Gasteiger partial charge in [-0.15, -0.1) is 0 Å². The molecule has 0 radical (unpaired) electrons. The molecule has 0 aliphatic heterocycles. The predicted octanol–water partition coefficient (Wildman–Crippen LogP) is 2.55. The lowest BCUT2D eigenvalue weighted by Gasteiger charge is -1.94. The zero-order chi connectivity index (χ0) is 10.3. The number of carboxylic acids is 1. The lowest BCUT2D eigenvalue weighted by atomic mass is 10.2. The van der Waals surface area contributed by atoms with Gasteiger partial charge in [-0.2, -0.15) is 0 Å². The average Bonchev–Trinajstić information content (AvgIpc) is 2.46. The molecule has 1 N–H and O–H groups in total. The van der Waals surface area contributed by atoms with E-state index in [9.17, 15) is 4.79 Å². The number of hydrogen-bond acceptors (Lipinski definition) is 2. The summed E-state index contributed by atoms with van der Waals surface area (Å²) in [6, 6.07) is 1.56. The number of carbonyl (C=O) groups is 1. The Morgan fingerprint density at radius 1 is 1.64 bits per heavy atom. The molecule has 14 heavy (non-hydrogen) atoms. The van der Waals surface area contributed by atoms with Crippen molar-refractivity contribution in [2.24, 2.45) is 0 Å². The summed E-state index contributed by atoms with van der Waals surface area (Å²) in [4.78, 5) is 14.9. The molecule has 0 aliphatic rings. The molecule has 0 saturated heterocycles. The number of halogens is 2. The van der Waals surface area contributed by atoms with Crippen LogP contribution in [0.3, 0.4) is 0 Å². The summed E-state index contributed by atoms with van der Waals surface area (Å²) in [5.74, 6) is -1.02. The van der Waals surface area contributed by atoms with E-state index in [0.29, 0.717) is 16.1 Å². The van der Waals surface area contributed by atoms with Crippen molar-refractivity contribution in [3.05, 3.63) is 29.0 Å². The summed E-state index contributed by atoms with van der Waals surface area (Å²) >= 11 is 9.03. The van der Waals surface area contributed by atoms with Crippen molar-refractivity contribution in [3.8, 4) is 0 Å². The highest BCUT2D eigenvalue weighted by molar-refractivity contribution is 9.08. The molecule has 0 aromatic carbocycles. The van der Waals surface area contributed by atoms with Gasteiger partial charge in [0.25, 0.3) is 0 Å². The van der Waals surface area contributed by atoms with Crippen LogP contribution >= 0.6 is 27.7 Å². The number of pyridine rings is 1. The van der Waals surface area contributed by atoms with Gasteiger partial charge in [-0.05, 0) is 6.07 Å². The minimum Gasteiger partial charge on any atom is -0.478 e. The third kappa shape index (κ3) is 1.29. The molecule has 2 aromatic heterocycles. The molecule has 4 nitrogen and oxygen atoms in total. The van der Waals surface area contributed by atoms with Crippen molar-refractivity contribution in [1.82, 2.24) is 8.58 Å². The fraction of sp³-hybridized carbons (Fsp3) is 0. The molecule has 0 atom stereocenters. The molecular weight excluding hydrogens is 271 g/mol. The van der Waals surface area contributed by atoms with Crippen LogP contribution in [0.15, 0.2) is 18.5 Å². The Labute approximate surface area is 92.5 Å². The van der Waals surface area contributed by atoms with E-state index in [1.54, 1.807) is 6.07 Å². The second-order valence-corrected chi connectivity index (χ2v) is 3.82.